The fourth-order valence-corrected chi connectivity index (χ4v) is 3.74. The minimum atomic E-state index is -2.96. The zero-order valence-electron chi connectivity index (χ0n) is 12.5. The van der Waals surface area contributed by atoms with E-state index in [-0.39, 0.29) is 23.5 Å². The minimum absolute atomic E-state index is 0.0659. The fraction of sp³-hybridized carbons (Fsp3) is 0.533. The van der Waals surface area contributed by atoms with E-state index in [0.717, 1.165) is 11.1 Å². The number of aryl methyl sites for hydroxylation is 1. The smallest absolute Gasteiger partial charge is 0.234 e. The molecule has 1 aliphatic rings. The average molecular weight is 310 g/mol. The Bertz CT molecular complexity index is 607. The van der Waals surface area contributed by atoms with Crippen molar-refractivity contribution >= 4 is 15.7 Å². The van der Waals surface area contributed by atoms with Gasteiger partial charge in [0.1, 0.15) is 0 Å². The molecule has 2 rings (SSSR count). The lowest BCUT2D eigenvalue weighted by Gasteiger charge is -2.37. The van der Waals surface area contributed by atoms with Gasteiger partial charge in [0, 0.05) is 25.4 Å². The number of rotatable bonds is 6. The first-order chi connectivity index (χ1) is 9.90. The molecule has 1 saturated heterocycles. The minimum Gasteiger partial charge on any atom is -0.351 e. The van der Waals surface area contributed by atoms with Gasteiger partial charge < -0.3 is 5.32 Å². The molecule has 6 heteroatoms. The quantitative estimate of drug-likeness (QED) is 0.841. The average Bonchev–Trinajstić information content (AvgIpc) is 2.40. The van der Waals surface area contributed by atoms with Crippen LogP contribution in [0.2, 0.25) is 0 Å². The van der Waals surface area contributed by atoms with Gasteiger partial charge in [0.2, 0.25) is 5.91 Å². The molecule has 0 aromatic heterocycles. The van der Waals surface area contributed by atoms with Crippen molar-refractivity contribution in [3.63, 3.8) is 0 Å². The predicted molar refractivity (Wildman–Crippen MR) is 82.7 cm³/mol. The Balaban J connectivity index is 1.72. The summed E-state index contributed by atoms with van der Waals surface area (Å²) in [4.78, 5) is 13.7. The molecule has 116 valence electrons. The third kappa shape index (κ3) is 4.28. The van der Waals surface area contributed by atoms with Gasteiger partial charge in [-0.1, -0.05) is 36.8 Å². The second-order valence-electron chi connectivity index (χ2n) is 5.53. The monoisotopic (exact) mass is 310 g/mol. The summed E-state index contributed by atoms with van der Waals surface area (Å²) in [7, 11) is -2.96. The SMILES string of the molecule is CCS(=O)(=O)C1CN(CC(=O)NCc2cccc(C)c2)C1. The molecule has 0 bridgehead atoms. The Morgan fingerprint density at radius 3 is 2.71 bits per heavy atom. The molecule has 0 aliphatic carbocycles. The first kappa shape index (κ1) is 16.0. The molecule has 1 amide bonds. The van der Waals surface area contributed by atoms with E-state index in [4.69, 9.17) is 0 Å². The van der Waals surface area contributed by atoms with Gasteiger partial charge in [-0.2, -0.15) is 0 Å². The lowest BCUT2D eigenvalue weighted by Crippen LogP contribution is -2.57. The topological polar surface area (TPSA) is 66.5 Å². The molecule has 21 heavy (non-hydrogen) atoms. The number of likely N-dealkylation sites (tertiary alicyclic amines) is 1. The van der Waals surface area contributed by atoms with Crippen LogP contribution in [0, 0.1) is 6.92 Å². The van der Waals surface area contributed by atoms with Crippen LogP contribution in [-0.4, -0.2) is 49.9 Å². The number of nitrogens with one attached hydrogen (secondary N) is 1. The fourth-order valence-electron chi connectivity index (χ4n) is 2.40. The van der Waals surface area contributed by atoms with Crippen LogP contribution in [0.4, 0.5) is 0 Å². The summed E-state index contributed by atoms with van der Waals surface area (Å²) < 4.78 is 23.3. The van der Waals surface area contributed by atoms with Crippen molar-refractivity contribution in [3.8, 4) is 0 Å². The predicted octanol–water partition coefficient (Wildman–Crippen LogP) is 0.730. The molecule has 1 aromatic carbocycles. The highest BCUT2D eigenvalue weighted by Crippen LogP contribution is 2.16. The van der Waals surface area contributed by atoms with Crippen LogP contribution in [0.25, 0.3) is 0 Å². The second kappa shape index (κ2) is 6.58. The number of benzene rings is 1. The Kier molecular flexibility index (Phi) is 5.00. The van der Waals surface area contributed by atoms with Crippen molar-refractivity contribution in [1.29, 1.82) is 0 Å². The highest BCUT2D eigenvalue weighted by atomic mass is 32.2. The first-order valence-electron chi connectivity index (χ1n) is 7.17. The summed E-state index contributed by atoms with van der Waals surface area (Å²) in [5.74, 6) is 0.106. The van der Waals surface area contributed by atoms with Crippen molar-refractivity contribution in [2.75, 3.05) is 25.4 Å². The number of nitrogens with zero attached hydrogens (tertiary/aromatic N) is 1. The number of hydrogen-bond donors (Lipinski definition) is 1. The van der Waals surface area contributed by atoms with Gasteiger partial charge in [0.15, 0.2) is 9.84 Å². The van der Waals surface area contributed by atoms with Crippen LogP contribution in [-0.2, 0) is 21.2 Å². The van der Waals surface area contributed by atoms with Crippen LogP contribution in [0.15, 0.2) is 24.3 Å². The van der Waals surface area contributed by atoms with Crippen molar-refractivity contribution in [2.45, 2.75) is 25.6 Å². The summed E-state index contributed by atoms with van der Waals surface area (Å²) >= 11 is 0. The zero-order chi connectivity index (χ0) is 15.5. The molecule has 1 fully saturated rings. The van der Waals surface area contributed by atoms with E-state index < -0.39 is 9.84 Å². The first-order valence-corrected chi connectivity index (χ1v) is 8.88. The van der Waals surface area contributed by atoms with Gasteiger partial charge in [0.25, 0.3) is 0 Å². The lowest BCUT2D eigenvalue weighted by molar-refractivity contribution is -0.123. The van der Waals surface area contributed by atoms with E-state index in [1.807, 2.05) is 36.1 Å². The molecule has 0 unspecified atom stereocenters. The zero-order valence-corrected chi connectivity index (χ0v) is 13.3. The van der Waals surface area contributed by atoms with Gasteiger partial charge in [-0.3, -0.25) is 9.69 Å². The van der Waals surface area contributed by atoms with Gasteiger partial charge in [-0.05, 0) is 12.5 Å². The Morgan fingerprint density at radius 2 is 2.10 bits per heavy atom. The highest BCUT2D eigenvalue weighted by Gasteiger charge is 2.36. The third-order valence-electron chi connectivity index (χ3n) is 3.77. The van der Waals surface area contributed by atoms with Gasteiger partial charge in [0.05, 0.1) is 11.8 Å². The Labute approximate surface area is 126 Å². The van der Waals surface area contributed by atoms with Crippen molar-refractivity contribution in [3.05, 3.63) is 35.4 Å². The molecule has 1 aromatic rings. The molecule has 0 radical (unpaired) electrons. The van der Waals surface area contributed by atoms with Crippen molar-refractivity contribution < 1.29 is 13.2 Å². The largest absolute Gasteiger partial charge is 0.351 e. The second-order valence-corrected chi connectivity index (χ2v) is 8.10. The lowest BCUT2D eigenvalue weighted by atomic mass is 10.1. The van der Waals surface area contributed by atoms with E-state index in [1.54, 1.807) is 6.92 Å². The van der Waals surface area contributed by atoms with E-state index in [1.165, 1.54) is 0 Å². The molecule has 1 N–H and O–H groups in total. The highest BCUT2D eigenvalue weighted by molar-refractivity contribution is 7.92. The molecule has 1 heterocycles. The summed E-state index contributed by atoms with van der Waals surface area (Å²) in [5.41, 5.74) is 2.23. The van der Waals surface area contributed by atoms with Gasteiger partial charge >= 0.3 is 0 Å². The number of hydrogen-bond acceptors (Lipinski definition) is 4. The molecular weight excluding hydrogens is 288 g/mol. The Hall–Kier alpha value is -1.40. The van der Waals surface area contributed by atoms with E-state index in [0.29, 0.717) is 19.6 Å². The maximum absolute atomic E-state index is 11.8. The summed E-state index contributed by atoms with van der Waals surface area (Å²) in [6.45, 7) is 5.38. The van der Waals surface area contributed by atoms with Gasteiger partial charge in [-0.15, -0.1) is 0 Å². The molecular formula is C15H22N2O3S. The van der Waals surface area contributed by atoms with Crippen LogP contribution < -0.4 is 5.32 Å². The van der Waals surface area contributed by atoms with Gasteiger partial charge in [-0.25, -0.2) is 8.42 Å². The molecule has 1 aliphatic heterocycles. The van der Waals surface area contributed by atoms with Crippen molar-refractivity contribution in [1.82, 2.24) is 10.2 Å². The molecule has 0 atom stereocenters. The van der Waals surface area contributed by atoms with Crippen LogP contribution in [0.5, 0.6) is 0 Å². The maximum Gasteiger partial charge on any atom is 0.234 e. The number of carbonyl (C=O) groups excluding carboxylic acids is 1. The molecule has 0 saturated carbocycles. The van der Waals surface area contributed by atoms with E-state index in [2.05, 4.69) is 5.32 Å². The molecule has 5 nitrogen and oxygen atoms in total. The van der Waals surface area contributed by atoms with Crippen molar-refractivity contribution in [2.24, 2.45) is 0 Å². The van der Waals surface area contributed by atoms with Crippen LogP contribution >= 0.6 is 0 Å². The molecule has 0 spiro atoms. The summed E-state index contributed by atoms with van der Waals surface area (Å²) in [5, 5.41) is 2.56. The standard InChI is InChI=1S/C15H22N2O3S/c1-3-21(19,20)14-9-17(10-14)11-15(18)16-8-13-6-4-5-12(2)7-13/h4-7,14H,3,8-11H2,1-2H3,(H,16,18). The van der Waals surface area contributed by atoms with Crippen LogP contribution in [0.3, 0.4) is 0 Å². The van der Waals surface area contributed by atoms with Crippen LogP contribution in [0.1, 0.15) is 18.1 Å². The third-order valence-corrected chi connectivity index (χ3v) is 5.89. The Morgan fingerprint density at radius 1 is 1.38 bits per heavy atom. The van der Waals surface area contributed by atoms with E-state index >= 15 is 0 Å². The van der Waals surface area contributed by atoms with E-state index in [9.17, 15) is 13.2 Å². The number of amides is 1. The number of carbonyl (C=O) groups is 1. The maximum atomic E-state index is 11.8. The number of sulfone groups is 1. The summed E-state index contributed by atoms with van der Waals surface area (Å²) in [6.07, 6.45) is 0. The summed E-state index contributed by atoms with van der Waals surface area (Å²) in [6, 6.07) is 7.99. The normalized spacial score (nSPS) is 16.5.